The highest BCUT2D eigenvalue weighted by molar-refractivity contribution is 5.90. The van der Waals surface area contributed by atoms with Crippen LogP contribution >= 0.6 is 0 Å². The van der Waals surface area contributed by atoms with Gasteiger partial charge in [0.05, 0.1) is 6.10 Å². The summed E-state index contributed by atoms with van der Waals surface area (Å²) in [6, 6.07) is 0.556. The van der Waals surface area contributed by atoms with E-state index in [2.05, 4.69) is 18.9 Å². The van der Waals surface area contributed by atoms with E-state index in [-0.39, 0.29) is 29.4 Å². The summed E-state index contributed by atoms with van der Waals surface area (Å²) in [7, 11) is 2.26. The number of likely N-dealkylation sites (tertiary alicyclic amines) is 1. The normalized spacial score (nSPS) is 47.1. The molecule has 30 heavy (non-hydrogen) atoms. The molecule has 0 amide bonds. The van der Waals surface area contributed by atoms with E-state index in [1.165, 1.54) is 12.5 Å². The molecular formula is C25H35NO4. The fourth-order valence-electron chi connectivity index (χ4n) is 8.01. The molecule has 0 aromatic carbocycles. The number of hydrogen-bond donors (Lipinski definition) is 0. The lowest BCUT2D eigenvalue weighted by molar-refractivity contribution is -0.188. The third kappa shape index (κ3) is 2.67. The number of piperidine rings is 1. The zero-order chi connectivity index (χ0) is 21.3. The van der Waals surface area contributed by atoms with Crippen molar-refractivity contribution in [2.75, 3.05) is 13.6 Å². The molecule has 3 aliphatic carbocycles. The van der Waals surface area contributed by atoms with Gasteiger partial charge in [0.25, 0.3) is 0 Å². The van der Waals surface area contributed by atoms with E-state index in [9.17, 15) is 9.59 Å². The number of ether oxygens (including phenoxy) is 2. The van der Waals surface area contributed by atoms with Crippen molar-refractivity contribution >= 4 is 11.8 Å². The second-order valence-corrected chi connectivity index (χ2v) is 10.7. The van der Waals surface area contributed by atoms with Crippen LogP contribution in [-0.2, 0) is 19.1 Å². The molecule has 5 nitrogen and oxygen atoms in total. The second kappa shape index (κ2) is 7.03. The fraction of sp³-hybridized carbons (Fsp3) is 0.760. The number of carbonyl (C=O) groups is 2. The molecule has 5 fully saturated rings. The third-order valence-electron chi connectivity index (χ3n) is 9.16. The van der Waals surface area contributed by atoms with Gasteiger partial charge in [-0.2, -0.15) is 0 Å². The minimum absolute atomic E-state index is 0.0872. The van der Waals surface area contributed by atoms with Crippen LogP contribution < -0.4 is 0 Å². The Labute approximate surface area is 179 Å². The summed E-state index contributed by atoms with van der Waals surface area (Å²) in [5.41, 5.74) is 0.324. The molecule has 5 aliphatic rings. The van der Waals surface area contributed by atoms with Gasteiger partial charge < -0.3 is 14.4 Å². The monoisotopic (exact) mass is 413 g/mol. The Bertz CT molecular complexity index is 814. The molecule has 0 N–H and O–H groups in total. The van der Waals surface area contributed by atoms with Crippen LogP contribution in [0.5, 0.6) is 0 Å². The smallest absolute Gasteiger partial charge is 0.331 e. The molecule has 3 saturated carbocycles. The topological polar surface area (TPSA) is 55.8 Å². The Hall–Kier alpha value is -1.46. The maximum absolute atomic E-state index is 13.3. The molecule has 2 heterocycles. The highest BCUT2D eigenvalue weighted by atomic mass is 16.6. The predicted molar refractivity (Wildman–Crippen MR) is 114 cm³/mol. The number of allylic oxidation sites excluding steroid dienone is 3. The van der Waals surface area contributed by atoms with Crippen molar-refractivity contribution in [2.24, 2.45) is 23.2 Å². The molecule has 0 aromatic heterocycles. The van der Waals surface area contributed by atoms with E-state index in [1.807, 2.05) is 19.9 Å². The van der Waals surface area contributed by atoms with Gasteiger partial charge in [0.15, 0.2) is 5.78 Å². The zero-order valence-corrected chi connectivity index (χ0v) is 18.7. The highest BCUT2D eigenvalue weighted by Crippen LogP contribution is 2.71. The van der Waals surface area contributed by atoms with E-state index in [0.717, 1.165) is 37.8 Å². The van der Waals surface area contributed by atoms with E-state index in [4.69, 9.17) is 9.47 Å². The third-order valence-corrected chi connectivity index (χ3v) is 9.16. The van der Waals surface area contributed by atoms with Crippen molar-refractivity contribution in [1.29, 1.82) is 0 Å². The molecule has 0 radical (unpaired) electrons. The first-order chi connectivity index (χ1) is 14.3. The lowest BCUT2D eigenvalue weighted by Gasteiger charge is -2.65. The SMILES string of the molecule is CC(C)=C/C=C/C(=O)OC1CCC2C[C@@H]3[C@@H]4CCC(=O)[C@]5(C)OC1C2[C@]45CCN3C. The first-order valence-corrected chi connectivity index (χ1v) is 11.7. The van der Waals surface area contributed by atoms with E-state index < -0.39 is 5.60 Å². The van der Waals surface area contributed by atoms with Gasteiger partial charge in [-0.25, -0.2) is 4.79 Å². The molecule has 0 aromatic rings. The van der Waals surface area contributed by atoms with Gasteiger partial charge in [-0.1, -0.05) is 17.7 Å². The first-order valence-electron chi connectivity index (χ1n) is 11.7. The maximum Gasteiger partial charge on any atom is 0.331 e. The molecule has 8 atom stereocenters. The van der Waals surface area contributed by atoms with Gasteiger partial charge in [-0.05, 0) is 78.3 Å². The van der Waals surface area contributed by atoms with Crippen LogP contribution in [0.2, 0.25) is 0 Å². The zero-order valence-electron chi connectivity index (χ0n) is 18.7. The largest absolute Gasteiger partial charge is 0.456 e. The minimum Gasteiger partial charge on any atom is -0.456 e. The van der Waals surface area contributed by atoms with E-state index in [0.29, 0.717) is 30.2 Å². The van der Waals surface area contributed by atoms with E-state index >= 15 is 0 Å². The summed E-state index contributed by atoms with van der Waals surface area (Å²) in [4.78, 5) is 28.3. The van der Waals surface area contributed by atoms with Gasteiger partial charge in [-0.3, -0.25) is 4.79 Å². The average Bonchev–Trinajstić information content (AvgIpc) is 2.97. The lowest BCUT2D eigenvalue weighted by atomic mass is 9.42. The molecule has 4 unspecified atom stereocenters. The molecule has 2 saturated heterocycles. The van der Waals surface area contributed by atoms with Crippen LogP contribution in [0.25, 0.3) is 0 Å². The standard InChI is InChI=1S/C25H35NO4/c1-15(2)6-5-7-21(28)29-19-10-8-16-14-18-17-9-11-20(27)24(3)25(17,12-13-26(18)4)22(16)23(19)30-24/h5-7,16-19,22-23H,8-14H2,1-4H3/b7-5+/t16?,17-,18+,19?,22?,23?,24-,25-/m0/s1. The van der Waals surface area contributed by atoms with Gasteiger partial charge in [0.2, 0.25) is 0 Å². The Morgan fingerprint density at radius 3 is 2.83 bits per heavy atom. The number of esters is 1. The number of carbonyl (C=O) groups excluding carboxylic acids is 2. The van der Waals surface area contributed by atoms with Crippen LogP contribution in [0.1, 0.15) is 59.3 Å². The van der Waals surface area contributed by atoms with Crippen LogP contribution in [-0.4, -0.2) is 54.1 Å². The van der Waals surface area contributed by atoms with Crippen LogP contribution in [0.15, 0.2) is 23.8 Å². The minimum atomic E-state index is -0.726. The van der Waals surface area contributed by atoms with Crippen molar-refractivity contribution in [2.45, 2.75) is 83.1 Å². The summed E-state index contributed by atoms with van der Waals surface area (Å²) >= 11 is 0. The first kappa shape index (κ1) is 20.4. The Morgan fingerprint density at radius 1 is 1.27 bits per heavy atom. The number of ketones is 1. The molecule has 1 spiro atoms. The quantitative estimate of drug-likeness (QED) is 0.401. The molecule has 2 bridgehead atoms. The molecule has 5 rings (SSSR count). The van der Waals surface area contributed by atoms with Crippen molar-refractivity contribution in [3.63, 3.8) is 0 Å². The van der Waals surface area contributed by atoms with Crippen molar-refractivity contribution in [3.05, 3.63) is 23.8 Å². The van der Waals surface area contributed by atoms with Gasteiger partial charge in [0, 0.05) is 29.9 Å². The molecule has 164 valence electrons. The summed E-state index contributed by atoms with van der Waals surface area (Å²) in [6.45, 7) is 7.09. The molecule has 2 aliphatic heterocycles. The lowest BCUT2D eigenvalue weighted by Crippen LogP contribution is -2.70. The fourth-order valence-corrected chi connectivity index (χ4v) is 8.01. The van der Waals surface area contributed by atoms with Crippen LogP contribution in [0.3, 0.4) is 0 Å². The number of rotatable bonds is 3. The predicted octanol–water partition coefficient (Wildman–Crippen LogP) is 3.68. The Morgan fingerprint density at radius 2 is 2.07 bits per heavy atom. The van der Waals surface area contributed by atoms with Crippen molar-refractivity contribution in [3.8, 4) is 0 Å². The van der Waals surface area contributed by atoms with Crippen LogP contribution in [0.4, 0.5) is 0 Å². The van der Waals surface area contributed by atoms with Crippen LogP contribution in [0, 0.1) is 23.2 Å². The molecule has 5 heteroatoms. The van der Waals surface area contributed by atoms with Crippen molar-refractivity contribution in [1.82, 2.24) is 4.90 Å². The number of Topliss-reactive ketones (excluding diaryl/α,β-unsaturated/α-hetero) is 1. The maximum atomic E-state index is 13.3. The summed E-state index contributed by atoms with van der Waals surface area (Å²) in [6.07, 6.45) is 10.5. The highest BCUT2D eigenvalue weighted by Gasteiger charge is 2.76. The Balaban J connectivity index is 1.47. The Kier molecular flexibility index (Phi) is 4.79. The van der Waals surface area contributed by atoms with Crippen molar-refractivity contribution < 1.29 is 19.1 Å². The summed E-state index contributed by atoms with van der Waals surface area (Å²) < 4.78 is 12.7. The van der Waals surface area contributed by atoms with Gasteiger partial charge in [-0.15, -0.1) is 0 Å². The number of hydrogen-bond acceptors (Lipinski definition) is 5. The summed E-state index contributed by atoms with van der Waals surface area (Å²) in [5, 5.41) is 0. The summed E-state index contributed by atoms with van der Waals surface area (Å²) in [5.74, 6) is 1.36. The second-order valence-electron chi connectivity index (χ2n) is 10.7. The van der Waals surface area contributed by atoms with E-state index in [1.54, 1.807) is 6.08 Å². The van der Waals surface area contributed by atoms with Gasteiger partial charge in [0.1, 0.15) is 11.7 Å². The van der Waals surface area contributed by atoms with Gasteiger partial charge >= 0.3 is 5.97 Å². The number of nitrogens with zero attached hydrogens (tertiary/aromatic N) is 1. The molecular weight excluding hydrogens is 378 g/mol. The average molecular weight is 414 g/mol.